The van der Waals surface area contributed by atoms with E-state index in [0.29, 0.717) is 44.4 Å². The molecule has 2 aliphatic rings. The summed E-state index contributed by atoms with van der Waals surface area (Å²) in [6.07, 6.45) is 7.80. The number of aromatic nitrogens is 4. The number of nitrogens with zero attached hydrogens (tertiary/aromatic N) is 6. The Labute approximate surface area is 226 Å². The Kier molecular flexibility index (Phi) is 8.09. The summed E-state index contributed by atoms with van der Waals surface area (Å²) in [6, 6.07) is 7.31. The number of piperazine rings is 1. The fraction of sp³-hybridized carbons (Fsp3) is 0.444. The van der Waals surface area contributed by atoms with E-state index in [4.69, 9.17) is 19.2 Å². The van der Waals surface area contributed by atoms with Crippen LogP contribution in [0.1, 0.15) is 32.3 Å². The Balaban J connectivity index is 1.25. The van der Waals surface area contributed by atoms with E-state index in [9.17, 15) is 9.59 Å². The summed E-state index contributed by atoms with van der Waals surface area (Å²) in [5.74, 6) is 2.52. The molecule has 2 atom stereocenters. The number of anilines is 1. The fourth-order valence-electron chi connectivity index (χ4n) is 4.56. The second-order valence-electron chi connectivity index (χ2n) is 9.57. The van der Waals surface area contributed by atoms with E-state index in [-0.39, 0.29) is 37.4 Å². The van der Waals surface area contributed by atoms with Crippen LogP contribution in [0.2, 0.25) is 0 Å². The molecule has 0 spiro atoms. The van der Waals surface area contributed by atoms with Crippen LogP contribution >= 0.6 is 0 Å². The largest absolute Gasteiger partial charge is 0.454 e. The molecule has 2 aliphatic heterocycles. The second-order valence-corrected chi connectivity index (χ2v) is 9.57. The van der Waals surface area contributed by atoms with Gasteiger partial charge in [-0.3, -0.25) is 9.36 Å². The van der Waals surface area contributed by atoms with E-state index >= 15 is 0 Å². The van der Waals surface area contributed by atoms with Crippen molar-refractivity contribution in [3.63, 3.8) is 0 Å². The number of fused-ring (bicyclic) bond motifs is 1. The Morgan fingerprint density at radius 2 is 2.05 bits per heavy atom. The Morgan fingerprint density at radius 3 is 2.87 bits per heavy atom. The molecule has 12 nitrogen and oxygen atoms in total. The van der Waals surface area contributed by atoms with Crippen LogP contribution in [-0.4, -0.2) is 81.5 Å². The molecule has 4 heterocycles. The maximum atomic E-state index is 13.1. The van der Waals surface area contributed by atoms with Crippen LogP contribution in [0.3, 0.4) is 0 Å². The lowest BCUT2D eigenvalue weighted by Gasteiger charge is -2.41. The number of benzene rings is 1. The van der Waals surface area contributed by atoms with Crippen molar-refractivity contribution < 1.29 is 23.8 Å². The third-order valence-corrected chi connectivity index (χ3v) is 6.87. The maximum Gasteiger partial charge on any atom is 0.410 e. The third kappa shape index (κ3) is 6.39. The van der Waals surface area contributed by atoms with Gasteiger partial charge in [-0.15, -0.1) is 0 Å². The predicted molar refractivity (Wildman–Crippen MR) is 142 cm³/mol. The molecule has 3 aromatic rings. The van der Waals surface area contributed by atoms with E-state index in [1.54, 1.807) is 34.4 Å². The fourth-order valence-corrected chi connectivity index (χ4v) is 4.56. The van der Waals surface area contributed by atoms with Crippen molar-refractivity contribution >= 4 is 17.8 Å². The van der Waals surface area contributed by atoms with Crippen LogP contribution in [0.15, 0.2) is 49.2 Å². The zero-order valence-electron chi connectivity index (χ0n) is 22.2. The first kappa shape index (κ1) is 26.3. The van der Waals surface area contributed by atoms with Gasteiger partial charge in [-0.2, -0.15) is 4.98 Å². The molecule has 2 unspecified atom stereocenters. The topological polar surface area (TPSA) is 124 Å². The normalized spacial score (nSPS) is 17.1. The van der Waals surface area contributed by atoms with Crippen molar-refractivity contribution in [2.75, 3.05) is 37.9 Å². The van der Waals surface area contributed by atoms with Crippen LogP contribution in [0, 0.1) is 0 Å². The van der Waals surface area contributed by atoms with Crippen molar-refractivity contribution in [3.05, 3.63) is 54.7 Å². The number of imidazole rings is 1. The van der Waals surface area contributed by atoms with Crippen LogP contribution < -0.4 is 19.7 Å². The molecule has 0 bridgehead atoms. The number of rotatable bonds is 9. The number of nitrogens with one attached hydrogen (secondary N) is 1. The number of ether oxygens (including phenoxy) is 3. The molecule has 2 aromatic heterocycles. The average molecular weight is 536 g/mol. The zero-order chi connectivity index (χ0) is 27.2. The van der Waals surface area contributed by atoms with Gasteiger partial charge in [0.25, 0.3) is 0 Å². The number of hydrogen-bond acceptors (Lipinski definition) is 9. The minimum atomic E-state index is -0.362. The second kappa shape index (κ2) is 12.0. The monoisotopic (exact) mass is 535 g/mol. The number of carbonyl (C=O) groups excluding carboxylic acids is 2. The first-order valence-corrected chi connectivity index (χ1v) is 13.2. The van der Waals surface area contributed by atoms with Gasteiger partial charge in [-0.25, -0.2) is 14.8 Å². The Morgan fingerprint density at radius 1 is 1.18 bits per heavy atom. The highest BCUT2D eigenvalue weighted by Crippen LogP contribution is 2.32. The van der Waals surface area contributed by atoms with Gasteiger partial charge in [-0.1, -0.05) is 13.0 Å². The molecule has 0 saturated carbocycles. The average Bonchev–Trinajstić information content (AvgIpc) is 3.65. The Hall–Kier alpha value is -4.35. The summed E-state index contributed by atoms with van der Waals surface area (Å²) in [5.41, 5.74) is 1.05. The first-order valence-electron chi connectivity index (χ1n) is 13.2. The van der Waals surface area contributed by atoms with Crippen molar-refractivity contribution in [2.45, 2.75) is 45.3 Å². The molecule has 0 aliphatic carbocycles. The molecule has 1 N–H and O–H groups in total. The molecule has 5 rings (SSSR count). The van der Waals surface area contributed by atoms with E-state index in [1.807, 2.05) is 38.1 Å². The van der Waals surface area contributed by atoms with Gasteiger partial charge in [0.15, 0.2) is 11.5 Å². The molecular weight excluding hydrogens is 502 g/mol. The van der Waals surface area contributed by atoms with Crippen LogP contribution in [0.4, 0.5) is 10.6 Å². The van der Waals surface area contributed by atoms with E-state index < -0.39 is 0 Å². The SMILES string of the molecule is CCC(C)OC(=O)N1CCN(c2ccnc(-n3ccnc3)n2)C(CC(=O)NCCc2ccc3c(c2)OCO3)C1. The van der Waals surface area contributed by atoms with Gasteiger partial charge in [-0.05, 0) is 43.5 Å². The highest BCUT2D eigenvalue weighted by molar-refractivity contribution is 5.77. The maximum absolute atomic E-state index is 13.1. The van der Waals surface area contributed by atoms with Crippen LogP contribution in [-0.2, 0) is 16.0 Å². The van der Waals surface area contributed by atoms with E-state index in [1.165, 1.54) is 0 Å². The molecule has 39 heavy (non-hydrogen) atoms. The molecule has 1 saturated heterocycles. The number of carbonyl (C=O) groups is 2. The van der Waals surface area contributed by atoms with Crippen molar-refractivity contribution in [1.82, 2.24) is 29.7 Å². The van der Waals surface area contributed by atoms with Crippen molar-refractivity contribution in [2.24, 2.45) is 0 Å². The number of amides is 2. The minimum Gasteiger partial charge on any atom is -0.454 e. The van der Waals surface area contributed by atoms with Gasteiger partial charge in [0.1, 0.15) is 18.2 Å². The molecular formula is C27H33N7O5. The van der Waals surface area contributed by atoms with E-state index in [0.717, 1.165) is 23.5 Å². The highest BCUT2D eigenvalue weighted by atomic mass is 16.7. The molecule has 0 radical (unpaired) electrons. The lowest BCUT2D eigenvalue weighted by molar-refractivity contribution is -0.121. The van der Waals surface area contributed by atoms with Crippen LogP contribution in [0.25, 0.3) is 5.95 Å². The van der Waals surface area contributed by atoms with Crippen LogP contribution in [0.5, 0.6) is 11.5 Å². The summed E-state index contributed by atoms with van der Waals surface area (Å²) in [7, 11) is 0. The number of hydrogen-bond donors (Lipinski definition) is 1. The quantitative estimate of drug-likeness (QED) is 0.440. The van der Waals surface area contributed by atoms with Crippen molar-refractivity contribution in [1.29, 1.82) is 0 Å². The van der Waals surface area contributed by atoms with Gasteiger partial charge in [0, 0.05) is 51.2 Å². The standard InChI is InChI=1S/C27H33N7O5/c1-3-19(2)39-27(36)32-12-13-34(24-7-9-30-26(31-24)33-11-10-28-17-33)21(16-32)15-25(35)29-8-6-20-4-5-22-23(14-20)38-18-37-22/h4-5,7,9-11,14,17,19,21H,3,6,8,12-13,15-16,18H2,1-2H3,(H,29,35). The molecule has 206 valence electrons. The zero-order valence-corrected chi connectivity index (χ0v) is 22.2. The lowest BCUT2D eigenvalue weighted by atomic mass is 10.1. The summed E-state index contributed by atoms with van der Waals surface area (Å²) in [4.78, 5) is 42.7. The Bertz CT molecular complexity index is 1290. The smallest absolute Gasteiger partial charge is 0.410 e. The predicted octanol–water partition coefficient (Wildman–Crippen LogP) is 2.57. The molecule has 2 amide bonds. The summed E-state index contributed by atoms with van der Waals surface area (Å²) in [5, 5.41) is 3.02. The van der Waals surface area contributed by atoms with Gasteiger partial charge in [0.05, 0.1) is 6.04 Å². The van der Waals surface area contributed by atoms with Gasteiger partial charge >= 0.3 is 6.09 Å². The molecule has 12 heteroatoms. The van der Waals surface area contributed by atoms with Crippen molar-refractivity contribution in [3.8, 4) is 17.4 Å². The first-order chi connectivity index (χ1) is 19.0. The summed E-state index contributed by atoms with van der Waals surface area (Å²) < 4.78 is 18.1. The summed E-state index contributed by atoms with van der Waals surface area (Å²) >= 11 is 0. The van der Waals surface area contributed by atoms with Gasteiger partial charge < -0.3 is 29.3 Å². The third-order valence-electron chi connectivity index (χ3n) is 6.87. The lowest BCUT2D eigenvalue weighted by Crippen LogP contribution is -2.56. The summed E-state index contributed by atoms with van der Waals surface area (Å²) in [6.45, 7) is 5.86. The molecule has 1 aromatic carbocycles. The minimum absolute atomic E-state index is 0.105. The molecule has 1 fully saturated rings. The van der Waals surface area contributed by atoms with Gasteiger partial charge in [0.2, 0.25) is 18.6 Å². The van der Waals surface area contributed by atoms with E-state index in [2.05, 4.69) is 20.2 Å². The highest BCUT2D eigenvalue weighted by Gasteiger charge is 2.33.